The van der Waals surface area contributed by atoms with Crippen molar-refractivity contribution in [3.8, 4) is 0 Å². The minimum Gasteiger partial charge on any atom is -0.444 e. The van der Waals surface area contributed by atoms with Crippen LogP contribution < -0.4 is 21.3 Å². The highest BCUT2D eigenvalue weighted by atomic mass is 16.6. The fourth-order valence-electron chi connectivity index (χ4n) is 6.63. The van der Waals surface area contributed by atoms with Gasteiger partial charge in [-0.15, -0.1) is 0 Å². The molecule has 9 nitrogen and oxygen atoms in total. The highest BCUT2D eigenvalue weighted by Crippen LogP contribution is 2.30. The third-order valence-corrected chi connectivity index (χ3v) is 9.18. The van der Waals surface area contributed by atoms with Crippen LogP contribution in [0.25, 0.3) is 10.9 Å². The van der Waals surface area contributed by atoms with E-state index in [-0.39, 0.29) is 12.0 Å². The molecule has 0 atom stereocenters. The highest BCUT2D eigenvalue weighted by molar-refractivity contribution is 6.07. The Morgan fingerprint density at radius 1 is 0.952 bits per heavy atom. The van der Waals surface area contributed by atoms with E-state index in [2.05, 4.69) is 20.4 Å². The molecule has 1 aliphatic carbocycles. The fraction of sp³-hybridized carbons (Fsp3) is 0.667. The molecule has 2 aromatic rings. The number of rotatable bonds is 9. The minimum atomic E-state index is -0.485. The molecule has 3 fully saturated rings. The summed E-state index contributed by atoms with van der Waals surface area (Å²) in [7, 11) is 0. The number of pyridine rings is 1. The number of ether oxygens (including phenoxy) is 1. The number of piperidine rings is 1. The van der Waals surface area contributed by atoms with Crippen molar-refractivity contribution in [2.75, 3.05) is 50.7 Å². The summed E-state index contributed by atoms with van der Waals surface area (Å²) in [6, 6.07) is 10.3. The number of alkyl carbamates (subject to hydrolysis) is 1. The van der Waals surface area contributed by atoms with Crippen LogP contribution in [0.4, 0.5) is 10.6 Å². The second-order valence-electron chi connectivity index (χ2n) is 13.8. The van der Waals surface area contributed by atoms with Gasteiger partial charge in [0, 0.05) is 50.7 Å². The summed E-state index contributed by atoms with van der Waals surface area (Å²) in [5.74, 6) is 2.53. The molecular weight excluding hydrogens is 528 g/mol. The summed E-state index contributed by atoms with van der Waals surface area (Å²) in [4.78, 5) is 35.3. The van der Waals surface area contributed by atoms with Crippen molar-refractivity contribution in [2.24, 2.45) is 23.5 Å². The van der Waals surface area contributed by atoms with Gasteiger partial charge in [-0.3, -0.25) is 4.79 Å². The summed E-state index contributed by atoms with van der Waals surface area (Å²) in [5, 5.41) is 7.06. The first-order chi connectivity index (χ1) is 20.1. The van der Waals surface area contributed by atoms with Crippen LogP contribution in [0.1, 0.15) is 76.1 Å². The van der Waals surface area contributed by atoms with Crippen molar-refractivity contribution in [3.05, 3.63) is 35.9 Å². The van der Waals surface area contributed by atoms with Crippen LogP contribution in [0.2, 0.25) is 0 Å². The van der Waals surface area contributed by atoms with E-state index in [0.29, 0.717) is 36.5 Å². The van der Waals surface area contributed by atoms with Crippen molar-refractivity contribution in [1.82, 2.24) is 20.5 Å². The Balaban J connectivity index is 1.11. The molecule has 2 aliphatic heterocycles. The summed E-state index contributed by atoms with van der Waals surface area (Å²) in [6.07, 6.45) is 7.38. The molecule has 9 heteroatoms. The number of amides is 2. The van der Waals surface area contributed by atoms with Gasteiger partial charge in [-0.25, -0.2) is 9.78 Å². The summed E-state index contributed by atoms with van der Waals surface area (Å²) < 4.78 is 5.36. The Kier molecular flexibility index (Phi) is 9.88. The van der Waals surface area contributed by atoms with E-state index in [1.807, 2.05) is 51.1 Å². The number of benzene rings is 1. The molecular formula is C33H50N6O3. The molecule has 1 aromatic carbocycles. The van der Waals surface area contributed by atoms with Crippen LogP contribution in [0.15, 0.2) is 30.3 Å². The van der Waals surface area contributed by atoms with Gasteiger partial charge in [-0.1, -0.05) is 18.2 Å². The lowest BCUT2D eigenvalue weighted by Gasteiger charge is -2.39. The van der Waals surface area contributed by atoms with Crippen molar-refractivity contribution in [3.63, 3.8) is 0 Å². The van der Waals surface area contributed by atoms with Crippen LogP contribution in [-0.4, -0.2) is 79.3 Å². The molecule has 1 saturated carbocycles. The number of anilines is 1. The standard InChI is InChI=1S/C33H50N6O3/c1-33(2,3)42-32(41)36-20-25-10-8-24(9-11-25)19-35-31(40)28-18-30(37-29-7-5-4-6-27(28)29)39-16-13-23(14-17-39)12-15-38-21-26(34)22-38/h4-7,18,23-26H,8-17,19-22,34H2,1-3H3,(H,35,40)(H,36,41). The van der Waals surface area contributed by atoms with Gasteiger partial charge in [0.05, 0.1) is 11.1 Å². The Labute approximate surface area is 250 Å². The number of nitrogens with two attached hydrogens (primary N) is 1. The third-order valence-electron chi connectivity index (χ3n) is 9.18. The number of carbonyl (C=O) groups excluding carboxylic acids is 2. The molecule has 42 heavy (non-hydrogen) atoms. The molecule has 0 spiro atoms. The molecule has 0 bridgehead atoms. The number of carbonyl (C=O) groups is 2. The van der Waals surface area contributed by atoms with Gasteiger partial charge in [-0.05, 0) is 102 Å². The van der Waals surface area contributed by atoms with Gasteiger partial charge in [0.2, 0.25) is 0 Å². The molecule has 1 aromatic heterocycles. The maximum absolute atomic E-state index is 13.5. The molecule has 0 radical (unpaired) electrons. The Hall–Kier alpha value is -2.91. The smallest absolute Gasteiger partial charge is 0.407 e. The average molecular weight is 579 g/mol. The number of hydrogen-bond acceptors (Lipinski definition) is 7. The first kappa shape index (κ1) is 30.5. The number of likely N-dealkylation sites (tertiary alicyclic amines) is 1. The molecule has 0 unspecified atom stereocenters. The Bertz CT molecular complexity index is 1210. The number of nitrogens with one attached hydrogen (secondary N) is 2. The van der Waals surface area contributed by atoms with E-state index in [1.165, 1.54) is 6.42 Å². The fourth-order valence-corrected chi connectivity index (χ4v) is 6.63. The first-order valence-corrected chi connectivity index (χ1v) is 16.0. The van der Waals surface area contributed by atoms with E-state index < -0.39 is 5.60 Å². The SMILES string of the molecule is CC(C)(C)OC(=O)NCC1CCC(CNC(=O)c2cc(N3CCC(CCN4CC(N)C4)CC3)nc3ccccc23)CC1. The van der Waals surface area contributed by atoms with Gasteiger partial charge in [-0.2, -0.15) is 0 Å². The topological polar surface area (TPSA) is 113 Å². The lowest BCUT2D eigenvalue weighted by atomic mass is 9.82. The zero-order valence-corrected chi connectivity index (χ0v) is 25.7. The van der Waals surface area contributed by atoms with Gasteiger partial charge in [0.15, 0.2) is 0 Å². The molecule has 4 N–H and O–H groups in total. The van der Waals surface area contributed by atoms with Crippen molar-refractivity contribution < 1.29 is 14.3 Å². The average Bonchev–Trinajstić information content (AvgIpc) is 2.96. The number of fused-ring (bicyclic) bond motifs is 1. The van der Waals surface area contributed by atoms with E-state index in [9.17, 15) is 9.59 Å². The van der Waals surface area contributed by atoms with E-state index in [0.717, 1.165) is 93.9 Å². The zero-order chi connectivity index (χ0) is 29.7. The van der Waals surface area contributed by atoms with Crippen LogP contribution in [0.5, 0.6) is 0 Å². The van der Waals surface area contributed by atoms with Crippen LogP contribution in [0, 0.1) is 17.8 Å². The molecule has 3 heterocycles. The number of nitrogens with zero attached hydrogens (tertiary/aromatic N) is 3. The van der Waals surface area contributed by atoms with E-state index >= 15 is 0 Å². The second kappa shape index (κ2) is 13.6. The lowest BCUT2D eigenvalue weighted by Crippen LogP contribution is -2.55. The largest absolute Gasteiger partial charge is 0.444 e. The van der Waals surface area contributed by atoms with Crippen LogP contribution in [-0.2, 0) is 4.74 Å². The number of hydrogen-bond donors (Lipinski definition) is 3. The van der Waals surface area contributed by atoms with E-state index in [4.69, 9.17) is 15.5 Å². The van der Waals surface area contributed by atoms with Crippen LogP contribution in [0.3, 0.4) is 0 Å². The normalized spacial score (nSPS) is 22.5. The summed E-state index contributed by atoms with van der Waals surface area (Å²) >= 11 is 0. The van der Waals surface area contributed by atoms with Gasteiger partial charge >= 0.3 is 6.09 Å². The lowest BCUT2D eigenvalue weighted by molar-refractivity contribution is 0.0512. The molecule has 230 valence electrons. The van der Waals surface area contributed by atoms with E-state index in [1.54, 1.807) is 0 Å². The van der Waals surface area contributed by atoms with Gasteiger partial charge < -0.3 is 30.9 Å². The predicted octanol–water partition coefficient (Wildman–Crippen LogP) is 4.55. The molecule has 2 amide bonds. The molecule has 3 aliphatic rings. The second-order valence-corrected chi connectivity index (χ2v) is 13.8. The minimum absolute atomic E-state index is 0.0220. The summed E-state index contributed by atoms with van der Waals surface area (Å²) in [6.45, 7) is 12.1. The zero-order valence-electron chi connectivity index (χ0n) is 25.7. The Morgan fingerprint density at radius 3 is 2.24 bits per heavy atom. The maximum Gasteiger partial charge on any atom is 0.407 e. The van der Waals surface area contributed by atoms with Crippen molar-refractivity contribution >= 4 is 28.7 Å². The predicted molar refractivity (Wildman–Crippen MR) is 168 cm³/mol. The number of para-hydroxylation sites is 1. The highest BCUT2D eigenvalue weighted by Gasteiger charge is 2.27. The number of aromatic nitrogens is 1. The Morgan fingerprint density at radius 2 is 1.60 bits per heavy atom. The third kappa shape index (κ3) is 8.34. The molecule has 5 rings (SSSR count). The quantitative estimate of drug-likeness (QED) is 0.400. The summed E-state index contributed by atoms with van der Waals surface area (Å²) in [5.41, 5.74) is 7.02. The van der Waals surface area contributed by atoms with Crippen LogP contribution >= 0.6 is 0 Å². The maximum atomic E-state index is 13.5. The van der Waals surface area contributed by atoms with Crippen molar-refractivity contribution in [1.29, 1.82) is 0 Å². The molecule has 2 saturated heterocycles. The first-order valence-electron chi connectivity index (χ1n) is 16.0. The van der Waals surface area contributed by atoms with Gasteiger partial charge in [0.25, 0.3) is 5.91 Å². The van der Waals surface area contributed by atoms with Crippen molar-refractivity contribution in [2.45, 2.75) is 77.4 Å². The monoisotopic (exact) mass is 578 g/mol. The van der Waals surface area contributed by atoms with Gasteiger partial charge in [0.1, 0.15) is 11.4 Å².